The van der Waals surface area contributed by atoms with Crippen molar-refractivity contribution in [3.63, 3.8) is 0 Å². The minimum atomic E-state index is -0.318. The molecule has 1 fully saturated rings. The summed E-state index contributed by atoms with van der Waals surface area (Å²) in [5.41, 5.74) is 0.425. The summed E-state index contributed by atoms with van der Waals surface area (Å²) in [5, 5.41) is 0. The van der Waals surface area contributed by atoms with E-state index < -0.39 is 0 Å². The number of rotatable bonds is 0. The number of Topliss-reactive ketones (excluding diaryl/α,β-unsaturated/α-hetero) is 1. The van der Waals surface area contributed by atoms with Gasteiger partial charge in [0.2, 0.25) is 0 Å². The Bertz CT molecular complexity index is 471. The van der Waals surface area contributed by atoms with E-state index in [1.54, 1.807) is 0 Å². The highest BCUT2D eigenvalue weighted by Crippen LogP contribution is 2.43. The third kappa shape index (κ3) is 1.99. The van der Waals surface area contributed by atoms with Crippen molar-refractivity contribution < 1.29 is 9.53 Å². The normalized spacial score (nSPS) is 31.6. The minimum absolute atomic E-state index is 0.225. The number of carbonyl (C=O) groups is 1. The Morgan fingerprint density at radius 2 is 2.06 bits per heavy atom. The van der Waals surface area contributed by atoms with Gasteiger partial charge in [-0.2, -0.15) is 0 Å². The zero-order valence-corrected chi connectivity index (χ0v) is 11.9. The van der Waals surface area contributed by atoms with Gasteiger partial charge in [0.25, 0.3) is 0 Å². The number of ketones is 1. The first kappa shape index (κ1) is 12.2. The zero-order chi connectivity index (χ0) is 12.6. The summed E-state index contributed by atoms with van der Waals surface area (Å²) < 4.78 is 6.26. The summed E-state index contributed by atoms with van der Waals surface area (Å²) in [6.07, 6.45) is 6.19. The second-order valence-corrected chi connectivity index (χ2v) is 6.44. The molecule has 0 radical (unpaired) electrons. The van der Waals surface area contributed by atoms with Crippen LogP contribution >= 0.6 is 15.9 Å². The van der Waals surface area contributed by atoms with Gasteiger partial charge in [-0.05, 0) is 31.4 Å². The van der Waals surface area contributed by atoms with Crippen LogP contribution in [0.25, 0.3) is 0 Å². The lowest BCUT2D eigenvalue weighted by molar-refractivity contribution is 0.0352. The topological polar surface area (TPSA) is 26.3 Å². The number of benzene rings is 1. The predicted molar refractivity (Wildman–Crippen MR) is 74.5 cm³/mol. The zero-order valence-electron chi connectivity index (χ0n) is 10.3. The smallest absolute Gasteiger partial charge is 0.170 e. The number of fused-ring (bicyclic) bond motifs is 1. The van der Waals surface area contributed by atoms with Gasteiger partial charge >= 0.3 is 0 Å². The molecule has 96 valence electrons. The predicted octanol–water partition coefficient (Wildman–Crippen LogP) is 4.12. The van der Waals surface area contributed by atoms with Gasteiger partial charge in [-0.3, -0.25) is 4.79 Å². The summed E-state index contributed by atoms with van der Waals surface area (Å²) in [4.78, 5) is 12.6. The summed E-state index contributed by atoms with van der Waals surface area (Å²) in [7, 11) is 0. The highest BCUT2D eigenvalue weighted by Gasteiger charge is 2.45. The molecule has 1 heterocycles. The van der Waals surface area contributed by atoms with Gasteiger partial charge in [-0.15, -0.1) is 0 Å². The van der Waals surface area contributed by atoms with Gasteiger partial charge in [0, 0.05) is 0 Å². The molecule has 3 rings (SSSR count). The van der Waals surface area contributed by atoms with Crippen LogP contribution in [0.15, 0.2) is 24.3 Å². The van der Waals surface area contributed by atoms with Crippen LogP contribution < -0.4 is 4.74 Å². The van der Waals surface area contributed by atoms with E-state index in [4.69, 9.17) is 4.74 Å². The third-order valence-corrected chi connectivity index (χ3v) is 5.38. The van der Waals surface area contributed by atoms with Gasteiger partial charge in [0.1, 0.15) is 11.4 Å². The molecule has 2 nitrogen and oxygen atoms in total. The second kappa shape index (κ2) is 4.69. The number of carbonyl (C=O) groups excluding carboxylic acids is 1. The molecule has 0 amide bonds. The molecular formula is C15H17BrO2. The van der Waals surface area contributed by atoms with E-state index in [-0.39, 0.29) is 16.2 Å². The molecule has 2 unspecified atom stereocenters. The van der Waals surface area contributed by atoms with Gasteiger partial charge in [-0.25, -0.2) is 0 Å². The molecule has 1 saturated carbocycles. The van der Waals surface area contributed by atoms with Crippen molar-refractivity contribution in [2.45, 2.75) is 49.0 Å². The standard InChI is InChI=1S/C15H17BrO2/c16-14-8-2-1-5-9-15(14)10-12(17)11-6-3-4-7-13(11)18-15/h3-4,6-7,14H,1-2,5,8-10H2. The molecule has 1 aromatic carbocycles. The molecule has 0 N–H and O–H groups in total. The van der Waals surface area contributed by atoms with Crippen LogP contribution in [-0.4, -0.2) is 16.2 Å². The van der Waals surface area contributed by atoms with E-state index in [1.807, 2.05) is 24.3 Å². The number of alkyl halides is 1. The van der Waals surface area contributed by atoms with Crippen LogP contribution in [0.5, 0.6) is 5.75 Å². The molecule has 1 spiro atoms. The molecule has 3 heteroatoms. The molecule has 18 heavy (non-hydrogen) atoms. The van der Waals surface area contributed by atoms with Crippen molar-refractivity contribution in [2.75, 3.05) is 0 Å². The second-order valence-electron chi connectivity index (χ2n) is 5.33. The molecule has 0 aromatic heterocycles. The molecule has 0 bridgehead atoms. The molecule has 2 aliphatic rings. The lowest BCUT2D eigenvalue weighted by Crippen LogP contribution is -2.48. The molecular weight excluding hydrogens is 292 g/mol. The number of hydrogen-bond acceptors (Lipinski definition) is 2. The first-order valence-electron chi connectivity index (χ1n) is 6.67. The van der Waals surface area contributed by atoms with Crippen LogP contribution in [-0.2, 0) is 0 Å². The van der Waals surface area contributed by atoms with Crippen molar-refractivity contribution >= 4 is 21.7 Å². The van der Waals surface area contributed by atoms with Crippen molar-refractivity contribution in [1.82, 2.24) is 0 Å². The Kier molecular flexibility index (Phi) is 3.18. The summed E-state index contributed by atoms with van der Waals surface area (Å²) in [5.74, 6) is 0.989. The van der Waals surface area contributed by atoms with Gasteiger partial charge in [-0.1, -0.05) is 40.9 Å². The summed E-state index contributed by atoms with van der Waals surface area (Å²) in [6, 6.07) is 7.62. The van der Waals surface area contributed by atoms with E-state index in [0.717, 1.165) is 30.6 Å². The van der Waals surface area contributed by atoms with E-state index in [2.05, 4.69) is 15.9 Å². The van der Waals surface area contributed by atoms with E-state index >= 15 is 0 Å². The Morgan fingerprint density at radius 3 is 2.94 bits per heavy atom. The molecule has 1 aliphatic carbocycles. The average molecular weight is 309 g/mol. The minimum Gasteiger partial charge on any atom is -0.485 e. The van der Waals surface area contributed by atoms with Gasteiger partial charge in [0.05, 0.1) is 16.8 Å². The third-order valence-electron chi connectivity index (χ3n) is 4.09. The number of halogens is 1. The first-order valence-corrected chi connectivity index (χ1v) is 7.58. The quantitative estimate of drug-likeness (QED) is 0.674. The van der Waals surface area contributed by atoms with Crippen LogP contribution in [0, 0.1) is 0 Å². The fourth-order valence-corrected chi connectivity index (χ4v) is 3.87. The Morgan fingerprint density at radius 1 is 1.22 bits per heavy atom. The number of para-hydroxylation sites is 1. The molecule has 1 aromatic rings. The van der Waals surface area contributed by atoms with E-state index in [1.165, 1.54) is 12.8 Å². The van der Waals surface area contributed by atoms with Crippen LogP contribution in [0.3, 0.4) is 0 Å². The number of hydrogen-bond donors (Lipinski definition) is 0. The monoisotopic (exact) mass is 308 g/mol. The van der Waals surface area contributed by atoms with E-state index in [0.29, 0.717) is 6.42 Å². The van der Waals surface area contributed by atoms with Gasteiger partial charge in [0.15, 0.2) is 5.78 Å². The highest BCUT2D eigenvalue weighted by atomic mass is 79.9. The van der Waals surface area contributed by atoms with Gasteiger partial charge < -0.3 is 4.74 Å². The fraction of sp³-hybridized carbons (Fsp3) is 0.533. The van der Waals surface area contributed by atoms with Crippen LogP contribution in [0.1, 0.15) is 48.9 Å². The SMILES string of the molecule is O=C1CC2(CCCCCC2Br)Oc2ccccc21. The fourth-order valence-electron chi connectivity index (χ4n) is 3.07. The van der Waals surface area contributed by atoms with Crippen molar-refractivity contribution in [3.05, 3.63) is 29.8 Å². The lowest BCUT2D eigenvalue weighted by atomic mass is 9.84. The largest absolute Gasteiger partial charge is 0.485 e. The van der Waals surface area contributed by atoms with Crippen molar-refractivity contribution in [3.8, 4) is 5.75 Å². The molecule has 1 aliphatic heterocycles. The van der Waals surface area contributed by atoms with Crippen molar-refractivity contribution in [1.29, 1.82) is 0 Å². The van der Waals surface area contributed by atoms with Crippen LogP contribution in [0.2, 0.25) is 0 Å². The van der Waals surface area contributed by atoms with E-state index in [9.17, 15) is 4.79 Å². The Hall–Kier alpha value is -0.830. The maximum absolute atomic E-state index is 12.3. The molecule has 0 saturated heterocycles. The van der Waals surface area contributed by atoms with Crippen LogP contribution in [0.4, 0.5) is 0 Å². The summed E-state index contributed by atoms with van der Waals surface area (Å²) >= 11 is 3.76. The Labute approximate surface area is 116 Å². The maximum Gasteiger partial charge on any atom is 0.170 e. The lowest BCUT2D eigenvalue weighted by Gasteiger charge is -2.40. The maximum atomic E-state index is 12.3. The Balaban J connectivity index is 1.98. The summed E-state index contributed by atoms with van der Waals surface area (Å²) in [6.45, 7) is 0. The highest BCUT2D eigenvalue weighted by molar-refractivity contribution is 9.09. The van der Waals surface area contributed by atoms with Crippen molar-refractivity contribution in [2.24, 2.45) is 0 Å². The molecule has 2 atom stereocenters. The first-order chi connectivity index (χ1) is 8.71. The number of ether oxygens (including phenoxy) is 1. The average Bonchev–Trinajstić information content (AvgIpc) is 2.53.